The molecule has 0 radical (unpaired) electrons. The summed E-state index contributed by atoms with van der Waals surface area (Å²) in [5.41, 5.74) is 2.16. The smallest absolute Gasteiger partial charge is 0.174 e. The number of hydrogen-bond acceptors (Lipinski definition) is 4. The molecule has 0 amide bonds. The van der Waals surface area contributed by atoms with Gasteiger partial charge in [-0.3, -0.25) is 4.99 Å². The van der Waals surface area contributed by atoms with Gasteiger partial charge in [0.15, 0.2) is 5.11 Å². The lowest BCUT2D eigenvalue weighted by atomic mass is 9.98. The van der Waals surface area contributed by atoms with Gasteiger partial charge in [-0.25, -0.2) is 0 Å². The molecule has 0 spiro atoms. The van der Waals surface area contributed by atoms with Crippen LogP contribution in [0.3, 0.4) is 0 Å². The number of rotatable bonds is 5. The predicted octanol–water partition coefficient (Wildman–Crippen LogP) is 4.30. The molecular weight excluding hydrogens is 436 g/mol. The Morgan fingerprint density at radius 2 is 2.14 bits per heavy atom. The molecule has 0 fully saturated rings. The second-order valence-corrected chi connectivity index (χ2v) is 7.87. The molecule has 1 aliphatic heterocycles. The maximum Gasteiger partial charge on any atom is 0.174 e. The Balaban J connectivity index is 1.84. The van der Waals surface area contributed by atoms with Crippen molar-refractivity contribution >= 4 is 39.6 Å². The van der Waals surface area contributed by atoms with Crippen molar-refractivity contribution in [3.63, 3.8) is 0 Å². The molecule has 28 heavy (non-hydrogen) atoms. The molecule has 1 aliphatic rings. The zero-order valence-corrected chi connectivity index (χ0v) is 17.9. The van der Waals surface area contributed by atoms with Crippen LogP contribution in [0.25, 0.3) is 0 Å². The molecule has 0 saturated heterocycles. The van der Waals surface area contributed by atoms with Gasteiger partial charge in [0.1, 0.15) is 5.75 Å². The summed E-state index contributed by atoms with van der Waals surface area (Å²) in [5.74, 6) is 1.00. The number of aliphatic imine (C=N–C) groups is 1. The standard InChI is InChI=1S/C21H21BrN4OS/c1-27-19-7-5-16(6-8-19)20(17-3-2-4-18(22)11-17)25-21(28)26-13-15(9-10-23)12-24-14-26/h2-8,11,14-15,20H,9,12-13H2,1H3,(H,25,28). The van der Waals surface area contributed by atoms with Crippen LogP contribution >= 0.6 is 28.1 Å². The Kier molecular flexibility index (Phi) is 7.01. The monoisotopic (exact) mass is 456 g/mol. The lowest BCUT2D eigenvalue weighted by molar-refractivity contribution is 0.414. The lowest BCUT2D eigenvalue weighted by Crippen LogP contribution is -2.45. The highest BCUT2D eigenvalue weighted by Gasteiger charge is 2.22. The van der Waals surface area contributed by atoms with Crippen LogP contribution in [0, 0.1) is 17.2 Å². The number of benzene rings is 2. The first-order chi connectivity index (χ1) is 13.6. The highest BCUT2D eigenvalue weighted by molar-refractivity contribution is 9.10. The number of nitrogens with one attached hydrogen (secondary N) is 1. The molecular formula is C21H21BrN4OS. The van der Waals surface area contributed by atoms with Gasteiger partial charge in [-0.05, 0) is 47.6 Å². The van der Waals surface area contributed by atoms with E-state index in [1.54, 1.807) is 13.4 Å². The van der Waals surface area contributed by atoms with Crippen molar-refractivity contribution in [1.82, 2.24) is 10.2 Å². The van der Waals surface area contributed by atoms with Gasteiger partial charge in [0.05, 0.1) is 25.6 Å². The van der Waals surface area contributed by atoms with Crippen molar-refractivity contribution < 1.29 is 4.74 Å². The zero-order chi connectivity index (χ0) is 19.9. The molecule has 0 bridgehead atoms. The Hall–Kier alpha value is -2.43. The summed E-state index contributed by atoms with van der Waals surface area (Å²) in [6, 6.07) is 18.2. The van der Waals surface area contributed by atoms with E-state index in [-0.39, 0.29) is 12.0 Å². The van der Waals surface area contributed by atoms with Crippen LogP contribution in [0.1, 0.15) is 23.6 Å². The minimum absolute atomic E-state index is 0.124. The third-order valence-electron chi connectivity index (χ3n) is 4.58. The maximum atomic E-state index is 8.97. The highest BCUT2D eigenvalue weighted by Crippen LogP contribution is 2.27. The van der Waals surface area contributed by atoms with Crippen molar-refractivity contribution in [1.29, 1.82) is 5.26 Å². The van der Waals surface area contributed by atoms with Gasteiger partial charge in [0, 0.05) is 29.9 Å². The molecule has 2 aromatic rings. The minimum atomic E-state index is -0.124. The van der Waals surface area contributed by atoms with E-state index in [4.69, 9.17) is 22.2 Å². The van der Waals surface area contributed by atoms with Gasteiger partial charge in [-0.1, -0.05) is 40.2 Å². The topological polar surface area (TPSA) is 60.6 Å². The second kappa shape index (κ2) is 9.67. The van der Waals surface area contributed by atoms with Crippen LogP contribution in [0.4, 0.5) is 0 Å². The minimum Gasteiger partial charge on any atom is -0.497 e. The summed E-state index contributed by atoms with van der Waals surface area (Å²) < 4.78 is 6.28. The van der Waals surface area contributed by atoms with Crippen LogP contribution in [0.2, 0.25) is 0 Å². The molecule has 5 nitrogen and oxygen atoms in total. The molecule has 1 N–H and O–H groups in total. The average molecular weight is 457 g/mol. The van der Waals surface area contributed by atoms with Gasteiger partial charge in [0.25, 0.3) is 0 Å². The van der Waals surface area contributed by atoms with E-state index >= 15 is 0 Å². The maximum absolute atomic E-state index is 8.97. The molecule has 7 heteroatoms. The van der Waals surface area contributed by atoms with E-state index in [9.17, 15) is 0 Å². The fraction of sp³-hybridized carbons (Fsp3) is 0.286. The van der Waals surface area contributed by atoms with Crippen LogP contribution in [0.5, 0.6) is 5.75 Å². The van der Waals surface area contributed by atoms with Crippen molar-refractivity contribution in [2.45, 2.75) is 12.5 Å². The Labute approximate surface area is 179 Å². The number of hydrogen-bond donors (Lipinski definition) is 1. The number of nitrogens with zero attached hydrogens (tertiary/aromatic N) is 3. The molecule has 2 unspecified atom stereocenters. The first-order valence-electron chi connectivity index (χ1n) is 8.94. The van der Waals surface area contributed by atoms with Crippen molar-refractivity contribution in [2.24, 2.45) is 10.9 Å². The van der Waals surface area contributed by atoms with Gasteiger partial charge in [0.2, 0.25) is 0 Å². The Bertz CT molecular complexity index is 894. The quantitative estimate of drug-likeness (QED) is 0.679. The van der Waals surface area contributed by atoms with Gasteiger partial charge >= 0.3 is 0 Å². The number of thiocarbonyl (C=S) groups is 1. The van der Waals surface area contributed by atoms with E-state index in [0.29, 0.717) is 24.6 Å². The van der Waals surface area contributed by atoms with E-state index in [2.05, 4.69) is 44.4 Å². The first-order valence-corrected chi connectivity index (χ1v) is 10.1. The molecule has 144 valence electrons. The molecule has 0 aromatic heterocycles. The Morgan fingerprint density at radius 1 is 1.36 bits per heavy atom. The van der Waals surface area contributed by atoms with Crippen molar-refractivity contribution in [3.05, 3.63) is 64.1 Å². The normalized spacial score (nSPS) is 16.9. The first kappa shape index (κ1) is 20.3. The Morgan fingerprint density at radius 3 is 2.82 bits per heavy atom. The summed E-state index contributed by atoms with van der Waals surface area (Å²) >= 11 is 9.22. The van der Waals surface area contributed by atoms with Gasteiger partial charge in [-0.15, -0.1) is 0 Å². The van der Waals surface area contributed by atoms with Crippen LogP contribution in [-0.2, 0) is 0 Å². The molecule has 3 rings (SSSR count). The SMILES string of the molecule is COc1ccc(C(NC(=S)N2C=NCC(CC#N)C2)c2cccc(Br)c2)cc1. The average Bonchev–Trinajstić information content (AvgIpc) is 2.72. The fourth-order valence-corrected chi connectivity index (χ4v) is 3.78. The van der Waals surface area contributed by atoms with Crippen molar-refractivity contribution in [3.8, 4) is 11.8 Å². The molecule has 2 aromatic carbocycles. The molecule has 2 atom stereocenters. The second-order valence-electron chi connectivity index (χ2n) is 6.57. The van der Waals surface area contributed by atoms with Gasteiger partial charge in [-0.2, -0.15) is 5.26 Å². The van der Waals surface area contributed by atoms with Crippen LogP contribution in [0.15, 0.2) is 58.0 Å². The third-order valence-corrected chi connectivity index (χ3v) is 5.42. The van der Waals surface area contributed by atoms with E-state index in [1.807, 2.05) is 41.3 Å². The summed E-state index contributed by atoms with van der Waals surface area (Å²) in [5, 5.41) is 13.0. The predicted molar refractivity (Wildman–Crippen MR) is 118 cm³/mol. The lowest BCUT2D eigenvalue weighted by Gasteiger charge is -2.31. The van der Waals surface area contributed by atoms with E-state index in [1.165, 1.54) is 0 Å². The van der Waals surface area contributed by atoms with E-state index in [0.717, 1.165) is 21.3 Å². The summed E-state index contributed by atoms with van der Waals surface area (Å²) in [6.07, 6.45) is 2.24. The number of nitriles is 1. The van der Waals surface area contributed by atoms with E-state index < -0.39 is 0 Å². The highest BCUT2D eigenvalue weighted by atomic mass is 79.9. The zero-order valence-electron chi connectivity index (χ0n) is 15.5. The molecule has 0 aliphatic carbocycles. The summed E-state index contributed by atoms with van der Waals surface area (Å²) in [4.78, 5) is 6.28. The summed E-state index contributed by atoms with van der Waals surface area (Å²) in [6.45, 7) is 1.36. The van der Waals surface area contributed by atoms with Crippen molar-refractivity contribution in [2.75, 3.05) is 20.2 Å². The number of methoxy groups -OCH3 is 1. The van der Waals surface area contributed by atoms with Gasteiger partial charge < -0.3 is 15.0 Å². The number of halogens is 1. The number of ether oxygens (including phenoxy) is 1. The third kappa shape index (κ3) is 5.09. The summed E-state index contributed by atoms with van der Waals surface area (Å²) in [7, 11) is 1.65. The van der Waals surface area contributed by atoms with Crippen LogP contribution < -0.4 is 10.1 Å². The van der Waals surface area contributed by atoms with Crippen LogP contribution in [-0.4, -0.2) is 36.6 Å². The largest absolute Gasteiger partial charge is 0.497 e. The molecule has 0 saturated carbocycles. The molecule has 1 heterocycles. The fourth-order valence-electron chi connectivity index (χ4n) is 3.12.